The lowest BCUT2D eigenvalue weighted by molar-refractivity contribution is 0.0578. The van der Waals surface area contributed by atoms with Gasteiger partial charge in [0.1, 0.15) is 17.2 Å². The minimum Gasteiger partial charge on any atom is -0.508 e. The maximum Gasteiger partial charge on any atom is 0.131 e. The van der Waals surface area contributed by atoms with E-state index in [0.29, 0.717) is 17.4 Å². The largest absolute Gasteiger partial charge is 0.508 e. The number of nitrogens with two attached hydrogens (primary N) is 1. The molecule has 0 radical (unpaired) electrons. The number of rotatable bonds is 4. The molecule has 0 saturated carbocycles. The van der Waals surface area contributed by atoms with E-state index in [4.69, 9.17) is 19.9 Å². The maximum absolute atomic E-state index is 9.65. The van der Waals surface area contributed by atoms with Gasteiger partial charge in [-0.1, -0.05) is 0 Å². The van der Waals surface area contributed by atoms with Gasteiger partial charge in [-0.15, -0.1) is 12.4 Å². The lowest BCUT2D eigenvalue weighted by atomic mass is 9.87. The fraction of sp³-hybridized carbons (Fsp3) is 0.571. The highest BCUT2D eigenvalue weighted by Crippen LogP contribution is 2.41. The summed E-state index contributed by atoms with van der Waals surface area (Å²) in [6.45, 7) is 1.47. The first-order chi connectivity index (χ1) is 9.17. The highest BCUT2D eigenvalue weighted by molar-refractivity contribution is 5.85. The summed E-state index contributed by atoms with van der Waals surface area (Å²) in [5.74, 6) is 1.57. The normalized spacial score (nSPS) is 17.1. The summed E-state index contributed by atoms with van der Waals surface area (Å²) in [6, 6.07) is 2.95. The van der Waals surface area contributed by atoms with Crippen LogP contribution in [0.4, 0.5) is 0 Å². The number of aromatic hydroxyl groups is 1. The van der Waals surface area contributed by atoms with Gasteiger partial charge in [-0.25, -0.2) is 0 Å². The highest BCUT2D eigenvalue weighted by Gasteiger charge is 2.27. The predicted molar refractivity (Wildman–Crippen MR) is 78.9 cm³/mol. The lowest BCUT2D eigenvalue weighted by Gasteiger charge is -2.29. The van der Waals surface area contributed by atoms with Crippen LogP contribution in [0.25, 0.3) is 0 Å². The molecule has 0 bridgehead atoms. The van der Waals surface area contributed by atoms with E-state index in [1.807, 2.05) is 0 Å². The van der Waals surface area contributed by atoms with Crippen molar-refractivity contribution in [3.8, 4) is 17.2 Å². The van der Waals surface area contributed by atoms with Crippen molar-refractivity contribution in [3.63, 3.8) is 0 Å². The van der Waals surface area contributed by atoms with E-state index >= 15 is 0 Å². The van der Waals surface area contributed by atoms with Gasteiger partial charge in [0.25, 0.3) is 0 Å². The summed E-state index contributed by atoms with van der Waals surface area (Å²) >= 11 is 0. The number of benzene rings is 1. The molecule has 20 heavy (non-hydrogen) atoms. The molecule has 1 aliphatic rings. The maximum atomic E-state index is 9.65. The Labute approximate surface area is 125 Å². The quantitative estimate of drug-likeness (QED) is 0.892. The number of methoxy groups -OCH3 is 2. The van der Waals surface area contributed by atoms with E-state index < -0.39 is 0 Å². The van der Waals surface area contributed by atoms with Crippen LogP contribution < -0.4 is 15.2 Å². The molecule has 1 atom stereocenters. The molecule has 1 saturated heterocycles. The molecule has 0 aromatic heterocycles. The first-order valence-corrected chi connectivity index (χ1v) is 6.45. The van der Waals surface area contributed by atoms with Crippen LogP contribution in [0.3, 0.4) is 0 Å². The molecule has 0 amide bonds. The average molecular weight is 304 g/mol. The second-order valence-electron chi connectivity index (χ2n) is 4.74. The molecule has 1 aromatic carbocycles. The number of ether oxygens (including phenoxy) is 3. The minimum absolute atomic E-state index is 0. The minimum atomic E-state index is -0.186. The molecule has 5 nitrogen and oxygen atoms in total. The topological polar surface area (TPSA) is 73.9 Å². The van der Waals surface area contributed by atoms with Crippen molar-refractivity contribution in [1.29, 1.82) is 0 Å². The van der Waals surface area contributed by atoms with Crippen molar-refractivity contribution >= 4 is 12.4 Å². The molecule has 0 spiro atoms. The van der Waals surface area contributed by atoms with Crippen molar-refractivity contribution < 1.29 is 19.3 Å². The van der Waals surface area contributed by atoms with E-state index in [9.17, 15) is 5.11 Å². The SMILES string of the molecule is COc1cc(O)cc(OC)c1[C@H](N)C1CCOCC1.Cl. The summed E-state index contributed by atoms with van der Waals surface area (Å²) in [6.07, 6.45) is 1.85. The standard InChI is InChI=1S/C14H21NO4.ClH/c1-17-11-7-10(16)8-12(18-2)13(11)14(15)9-3-5-19-6-4-9;/h7-9,14,16H,3-6,15H2,1-2H3;1H/t14-;/m1./s1. The lowest BCUT2D eigenvalue weighted by Crippen LogP contribution is -2.28. The molecule has 6 heteroatoms. The van der Waals surface area contributed by atoms with Crippen molar-refractivity contribution in [2.75, 3.05) is 27.4 Å². The predicted octanol–water partition coefficient (Wildman–Crippen LogP) is 2.26. The van der Waals surface area contributed by atoms with Crippen molar-refractivity contribution in [3.05, 3.63) is 17.7 Å². The third-order valence-corrected chi connectivity index (χ3v) is 3.64. The van der Waals surface area contributed by atoms with Crippen LogP contribution >= 0.6 is 12.4 Å². The Bertz CT molecular complexity index is 410. The summed E-state index contributed by atoms with van der Waals surface area (Å²) in [5.41, 5.74) is 7.19. The molecule has 1 heterocycles. The van der Waals surface area contributed by atoms with E-state index in [0.717, 1.165) is 31.6 Å². The number of hydrogen-bond acceptors (Lipinski definition) is 5. The summed E-state index contributed by atoms with van der Waals surface area (Å²) < 4.78 is 16.0. The van der Waals surface area contributed by atoms with Gasteiger partial charge in [0.2, 0.25) is 0 Å². The van der Waals surface area contributed by atoms with Crippen molar-refractivity contribution in [2.45, 2.75) is 18.9 Å². The molecule has 1 fully saturated rings. The van der Waals surface area contributed by atoms with Crippen LogP contribution in [0.1, 0.15) is 24.4 Å². The Kier molecular flexibility index (Phi) is 6.39. The van der Waals surface area contributed by atoms with E-state index in [2.05, 4.69) is 0 Å². The molecule has 1 aliphatic heterocycles. The monoisotopic (exact) mass is 303 g/mol. The van der Waals surface area contributed by atoms with Crippen molar-refractivity contribution in [1.82, 2.24) is 0 Å². The fourth-order valence-corrected chi connectivity index (χ4v) is 2.56. The van der Waals surface area contributed by atoms with Gasteiger partial charge in [0.15, 0.2) is 0 Å². The number of halogens is 1. The second kappa shape index (κ2) is 7.57. The number of phenolic OH excluding ortho intramolecular Hbond substituents is 1. The molecule has 2 rings (SSSR count). The van der Waals surface area contributed by atoms with Crippen molar-refractivity contribution in [2.24, 2.45) is 11.7 Å². The number of hydrogen-bond donors (Lipinski definition) is 2. The van der Waals surface area contributed by atoms with Crippen LogP contribution in [0, 0.1) is 5.92 Å². The van der Waals surface area contributed by atoms with E-state index in [1.54, 1.807) is 26.4 Å². The Hall–Kier alpha value is -1.17. The summed E-state index contributed by atoms with van der Waals surface area (Å²) in [4.78, 5) is 0. The van der Waals surface area contributed by atoms with Gasteiger partial charge in [0.05, 0.1) is 19.8 Å². The van der Waals surface area contributed by atoms with Gasteiger partial charge < -0.3 is 25.1 Å². The van der Waals surface area contributed by atoms with Crippen LogP contribution in [-0.4, -0.2) is 32.5 Å². The zero-order valence-electron chi connectivity index (χ0n) is 11.8. The number of phenols is 1. The van der Waals surface area contributed by atoms with Gasteiger partial charge in [0, 0.05) is 31.4 Å². The van der Waals surface area contributed by atoms with Crippen LogP contribution in [0.5, 0.6) is 17.2 Å². The zero-order valence-corrected chi connectivity index (χ0v) is 12.6. The Morgan fingerprint density at radius 1 is 1.20 bits per heavy atom. The first kappa shape index (κ1) is 16.9. The molecule has 3 N–H and O–H groups in total. The summed E-state index contributed by atoms with van der Waals surface area (Å²) in [5, 5.41) is 9.65. The van der Waals surface area contributed by atoms with Gasteiger partial charge >= 0.3 is 0 Å². The van der Waals surface area contributed by atoms with Crippen LogP contribution in [0.2, 0.25) is 0 Å². The molecule has 1 aromatic rings. The average Bonchev–Trinajstić information content (AvgIpc) is 2.46. The van der Waals surface area contributed by atoms with Crippen LogP contribution in [0.15, 0.2) is 12.1 Å². The van der Waals surface area contributed by atoms with E-state index in [-0.39, 0.29) is 24.2 Å². The third-order valence-electron chi connectivity index (χ3n) is 3.64. The third kappa shape index (κ3) is 3.48. The molecule has 0 aliphatic carbocycles. The highest BCUT2D eigenvalue weighted by atomic mass is 35.5. The molecule has 0 unspecified atom stereocenters. The fourth-order valence-electron chi connectivity index (χ4n) is 2.56. The molecule has 114 valence electrons. The van der Waals surface area contributed by atoms with Crippen LogP contribution in [-0.2, 0) is 4.74 Å². The van der Waals surface area contributed by atoms with Gasteiger partial charge in [-0.2, -0.15) is 0 Å². The second-order valence-corrected chi connectivity index (χ2v) is 4.74. The summed E-state index contributed by atoms with van der Waals surface area (Å²) in [7, 11) is 3.13. The Balaban J connectivity index is 0.00000200. The first-order valence-electron chi connectivity index (χ1n) is 6.45. The Morgan fingerprint density at radius 3 is 2.15 bits per heavy atom. The van der Waals surface area contributed by atoms with E-state index in [1.165, 1.54) is 0 Å². The zero-order chi connectivity index (χ0) is 13.8. The Morgan fingerprint density at radius 2 is 1.70 bits per heavy atom. The van der Waals surface area contributed by atoms with Gasteiger partial charge in [-0.3, -0.25) is 0 Å². The smallest absolute Gasteiger partial charge is 0.131 e. The molecular formula is C14H22ClNO4. The van der Waals surface area contributed by atoms with Gasteiger partial charge in [-0.05, 0) is 18.8 Å². The molecular weight excluding hydrogens is 282 g/mol.